The highest BCUT2D eigenvalue weighted by molar-refractivity contribution is 8.00. The van der Waals surface area contributed by atoms with Crippen LogP contribution in [0.4, 0.5) is 23.0 Å². The van der Waals surface area contributed by atoms with Crippen LogP contribution in [-0.4, -0.2) is 29.7 Å². The molecule has 0 saturated heterocycles. The first kappa shape index (κ1) is 21.2. The maximum Gasteiger partial charge on any atom is 0.180 e. The number of hydrogen-bond acceptors (Lipinski definition) is 8. The van der Waals surface area contributed by atoms with Crippen LogP contribution in [0.1, 0.15) is 13.3 Å². The Bertz CT molecular complexity index is 1270. The molecule has 3 aromatic carbocycles. The van der Waals surface area contributed by atoms with Gasteiger partial charge in [0.1, 0.15) is 13.2 Å². The van der Waals surface area contributed by atoms with Crippen molar-refractivity contribution in [1.29, 1.82) is 0 Å². The van der Waals surface area contributed by atoms with Crippen LogP contribution in [0.15, 0.2) is 71.6 Å². The van der Waals surface area contributed by atoms with E-state index in [0.29, 0.717) is 24.8 Å². The van der Waals surface area contributed by atoms with E-state index >= 15 is 0 Å². The quantitative estimate of drug-likeness (QED) is 0.273. The van der Waals surface area contributed by atoms with E-state index in [1.807, 2.05) is 48.5 Å². The number of ether oxygens (including phenoxy) is 2. The van der Waals surface area contributed by atoms with E-state index in [-0.39, 0.29) is 0 Å². The van der Waals surface area contributed by atoms with Gasteiger partial charge in [0.05, 0.1) is 11.0 Å². The Balaban J connectivity index is 1.41. The summed E-state index contributed by atoms with van der Waals surface area (Å²) in [5, 5.41) is 6.82. The maximum atomic E-state index is 5.72. The number of nitrogens with one attached hydrogen (secondary N) is 3. The summed E-state index contributed by atoms with van der Waals surface area (Å²) in [6.45, 7) is 4.21. The minimum Gasteiger partial charge on any atom is -0.486 e. The normalized spacial score (nSPS) is 12.4. The summed E-state index contributed by atoms with van der Waals surface area (Å²) in [4.78, 5) is 10.7. The summed E-state index contributed by atoms with van der Waals surface area (Å²) < 4.78 is 14.7. The molecule has 33 heavy (non-hydrogen) atoms. The molecule has 0 aliphatic carbocycles. The van der Waals surface area contributed by atoms with Gasteiger partial charge in [-0.15, -0.1) is 0 Å². The van der Waals surface area contributed by atoms with Gasteiger partial charge in [0.15, 0.2) is 23.1 Å². The fourth-order valence-electron chi connectivity index (χ4n) is 3.46. The highest BCUT2D eigenvalue weighted by Gasteiger charge is 2.14. The van der Waals surface area contributed by atoms with Gasteiger partial charge in [0.2, 0.25) is 0 Å². The molecule has 0 saturated carbocycles. The zero-order chi connectivity index (χ0) is 22.5. The lowest BCUT2D eigenvalue weighted by Gasteiger charge is -2.19. The fraction of sp³-hybridized carbons (Fsp3) is 0.200. The Morgan fingerprint density at radius 2 is 1.61 bits per heavy atom. The van der Waals surface area contributed by atoms with E-state index < -0.39 is 0 Å². The molecule has 0 unspecified atom stereocenters. The minimum absolute atomic E-state index is 0.544. The van der Waals surface area contributed by atoms with Gasteiger partial charge < -0.3 is 24.8 Å². The van der Waals surface area contributed by atoms with Crippen molar-refractivity contribution in [3.05, 3.63) is 66.7 Å². The van der Waals surface area contributed by atoms with Gasteiger partial charge in [-0.2, -0.15) is 0 Å². The standard InChI is InChI=1S/C25H25N5O2S/c1-2-12-26-17-6-5-7-19(15-17)33-30-25-24(28-20-8-3-4-9-21(20)29-25)27-18-10-11-22-23(16-18)32-14-13-31-22/h3-11,15-16,26H,2,12-14H2,1H3,(H,27,28)(H,29,30). The molecule has 1 aliphatic rings. The first-order valence-corrected chi connectivity index (χ1v) is 11.8. The van der Waals surface area contributed by atoms with Gasteiger partial charge in [-0.1, -0.05) is 25.1 Å². The third-order valence-electron chi connectivity index (χ3n) is 5.05. The molecule has 0 atom stereocenters. The second-order valence-corrected chi connectivity index (χ2v) is 8.43. The Labute approximate surface area is 197 Å². The van der Waals surface area contributed by atoms with Crippen LogP contribution < -0.4 is 24.8 Å². The number of fused-ring (bicyclic) bond motifs is 2. The van der Waals surface area contributed by atoms with E-state index in [2.05, 4.69) is 40.5 Å². The zero-order valence-corrected chi connectivity index (χ0v) is 19.1. The van der Waals surface area contributed by atoms with Crippen LogP contribution in [0.3, 0.4) is 0 Å². The molecule has 0 fully saturated rings. The predicted octanol–water partition coefficient (Wildman–Crippen LogP) is 6.09. The number of benzene rings is 3. The number of aromatic nitrogens is 2. The molecule has 0 spiro atoms. The molecule has 3 N–H and O–H groups in total. The van der Waals surface area contributed by atoms with Crippen LogP contribution in [-0.2, 0) is 0 Å². The zero-order valence-electron chi connectivity index (χ0n) is 18.3. The van der Waals surface area contributed by atoms with Crippen molar-refractivity contribution in [3.63, 3.8) is 0 Å². The first-order chi connectivity index (χ1) is 16.3. The molecule has 0 radical (unpaired) electrons. The monoisotopic (exact) mass is 459 g/mol. The molecule has 2 heterocycles. The van der Waals surface area contributed by atoms with E-state index in [1.165, 1.54) is 11.9 Å². The summed E-state index contributed by atoms with van der Waals surface area (Å²) in [6.07, 6.45) is 1.08. The number of para-hydroxylation sites is 2. The van der Waals surface area contributed by atoms with Crippen molar-refractivity contribution in [1.82, 2.24) is 9.97 Å². The average molecular weight is 460 g/mol. The van der Waals surface area contributed by atoms with Crippen LogP contribution in [0.5, 0.6) is 11.5 Å². The Hall–Kier alpha value is -3.65. The third-order valence-corrected chi connectivity index (χ3v) is 5.84. The van der Waals surface area contributed by atoms with Crippen molar-refractivity contribution < 1.29 is 9.47 Å². The van der Waals surface area contributed by atoms with E-state index in [9.17, 15) is 0 Å². The Morgan fingerprint density at radius 1 is 0.818 bits per heavy atom. The van der Waals surface area contributed by atoms with Crippen molar-refractivity contribution in [3.8, 4) is 11.5 Å². The van der Waals surface area contributed by atoms with Crippen LogP contribution in [0.25, 0.3) is 11.0 Å². The highest BCUT2D eigenvalue weighted by Crippen LogP contribution is 2.35. The third kappa shape index (κ3) is 5.06. The highest BCUT2D eigenvalue weighted by atomic mass is 32.2. The fourth-order valence-corrected chi connectivity index (χ4v) is 4.15. The van der Waals surface area contributed by atoms with Gasteiger partial charge in [-0.05, 0) is 60.8 Å². The van der Waals surface area contributed by atoms with Crippen molar-refractivity contribution in [2.45, 2.75) is 18.2 Å². The molecule has 0 bridgehead atoms. The van der Waals surface area contributed by atoms with Gasteiger partial charge >= 0.3 is 0 Å². The Kier molecular flexibility index (Phi) is 6.34. The minimum atomic E-state index is 0.544. The summed E-state index contributed by atoms with van der Waals surface area (Å²) in [5.74, 6) is 2.76. The van der Waals surface area contributed by atoms with Gasteiger partial charge in [-0.3, -0.25) is 0 Å². The molecule has 4 aromatic rings. The van der Waals surface area contributed by atoms with Crippen molar-refractivity contribution in [2.24, 2.45) is 0 Å². The molecule has 8 heteroatoms. The number of rotatable bonds is 8. The second kappa shape index (κ2) is 9.87. The SMILES string of the molecule is CCCNc1cccc(SNc2nc3ccccc3nc2Nc2ccc3c(c2)OCCO3)c1. The van der Waals surface area contributed by atoms with E-state index in [0.717, 1.165) is 51.8 Å². The van der Waals surface area contributed by atoms with Crippen LogP contribution >= 0.6 is 11.9 Å². The van der Waals surface area contributed by atoms with Gasteiger partial charge in [0.25, 0.3) is 0 Å². The van der Waals surface area contributed by atoms with E-state index in [4.69, 9.17) is 19.4 Å². The molecule has 0 amide bonds. The van der Waals surface area contributed by atoms with Crippen LogP contribution in [0.2, 0.25) is 0 Å². The summed E-state index contributed by atoms with van der Waals surface area (Å²) in [7, 11) is 0. The van der Waals surface area contributed by atoms with Crippen molar-refractivity contribution >= 4 is 46.0 Å². The smallest absolute Gasteiger partial charge is 0.180 e. The molecular weight excluding hydrogens is 434 g/mol. The molecule has 7 nitrogen and oxygen atoms in total. The first-order valence-electron chi connectivity index (χ1n) is 11.0. The topological polar surface area (TPSA) is 80.3 Å². The lowest BCUT2D eigenvalue weighted by atomic mass is 10.2. The molecular formula is C25H25N5O2S. The summed E-state index contributed by atoms with van der Waals surface area (Å²) in [5.41, 5.74) is 3.59. The predicted molar refractivity (Wildman–Crippen MR) is 135 cm³/mol. The van der Waals surface area contributed by atoms with E-state index in [1.54, 1.807) is 0 Å². The largest absolute Gasteiger partial charge is 0.486 e. The maximum absolute atomic E-state index is 5.72. The van der Waals surface area contributed by atoms with Gasteiger partial charge in [0, 0.05) is 28.9 Å². The lowest BCUT2D eigenvalue weighted by Crippen LogP contribution is -2.15. The van der Waals surface area contributed by atoms with Crippen LogP contribution in [0, 0.1) is 0 Å². The number of hydrogen-bond donors (Lipinski definition) is 3. The molecule has 168 valence electrons. The summed E-state index contributed by atoms with van der Waals surface area (Å²) >= 11 is 1.50. The lowest BCUT2D eigenvalue weighted by molar-refractivity contribution is 0.171. The Morgan fingerprint density at radius 3 is 2.42 bits per heavy atom. The number of nitrogens with zero attached hydrogens (tertiary/aromatic N) is 2. The van der Waals surface area contributed by atoms with Gasteiger partial charge in [-0.25, -0.2) is 9.97 Å². The second-order valence-electron chi connectivity index (χ2n) is 7.55. The number of anilines is 4. The summed E-state index contributed by atoms with van der Waals surface area (Å²) in [6, 6.07) is 21.9. The molecule has 1 aromatic heterocycles. The van der Waals surface area contributed by atoms with Crippen molar-refractivity contribution in [2.75, 3.05) is 35.1 Å². The molecule has 1 aliphatic heterocycles. The average Bonchev–Trinajstić information content (AvgIpc) is 2.86. The molecule has 5 rings (SSSR count).